The Labute approximate surface area is 124 Å². The fourth-order valence-corrected chi connectivity index (χ4v) is 2.27. The summed E-state index contributed by atoms with van der Waals surface area (Å²) in [6, 6.07) is 7.53. The van der Waals surface area contributed by atoms with Crippen LogP contribution < -0.4 is 10.1 Å². The first-order valence-corrected chi connectivity index (χ1v) is 7.70. The van der Waals surface area contributed by atoms with Gasteiger partial charge in [0, 0.05) is 25.0 Å². The zero-order valence-electron chi connectivity index (χ0n) is 11.7. The Kier molecular flexibility index (Phi) is 8.58. The van der Waals surface area contributed by atoms with E-state index in [1.165, 1.54) is 6.08 Å². The molecule has 110 valence electrons. The van der Waals surface area contributed by atoms with Gasteiger partial charge in [-0.1, -0.05) is 12.1 Å². The van der Waals surface area contributed by atoms with E-state index in [-0.39, 0.29) is 12.5 Å². The number of benzene rings is 1. The van der Waals surface area contributed by atoms with Crippen LogP contribution >= 0.6 is 11.8 Å². The molecule has 1 aromatic rings. The molecule has 0 aliphatic carbocycles. The number of methoxy groups -OCH3 is 1. The summed E-state index contributed by atoms with van der Waals surface area (Å²) in [5, 5.41) is 11.4. The summed E-state index contributed by atoms with van der Waals surface area (Å²) >= 11 is 1.72. The normalized spacial score (nSPS) is 10.7. The molecule has 20 heavy (non-hydrogen) atoms. The number of carbonyl (C=O) groups excluding carboxylic acids is 1. The first-order valence-electron chi connectivity index (χ1n) is 6.55. The second-order valence-electron chi connectivity index (χ2n) is 4.09. The Morgan fingerprint density at radius 2 is 2.30 bits per heavy atom. The number of ether oxygens (including phenoxy) is 1. The van der Waals surface area contributed by atoms with E-state index in [4.69, 9.17) is 9.84 Å². The maximum atomic E-state index is 11.6. The van der Waals surface area contributed by atoms with Crippen LogP contribution in [0.3, 0.4) is 0 Å². The van der Waals surface area contributed by atoms with Crippen molar-refractivity contribution in [1.82, 2.24) is 5.32 Å². The Balaban J connectivity index is 2.25. The lowest BCUT2D eigenvalue weighted by molar-refractivity contribution is -0.116. The van der Waals surface area contributed by atoms with Gasteiger partial charge in [0.2, 0.25) is 5.91 Å². The molecule has 1 rings (SSSR count). The molecule has 4 nitrogen and oxygen atoms in total. The van der Waals surface area contributed by atoms with Gasteiger partial charge >= 0.3 is 0 Å². The van der Waals surface area contributed by atoms with Gasteiger partial charge in [0.25, 0.3) is 0 Å². The first-order chi connectivity index (χ1) is 9.76. The van der Waals surface area contributed by atoms with Gasteiger partial charge in [0.05, 0.1) is 7.11 Å². The average molecular weight is 295 g/mol. The van der Waals surface area contributed by atoms with Crippen LogP contribution in [0.1, 0.15) is 12.0 Å². The minimum atomic E-state index is -0.101. The SMILES string of the molecule is COc1cccc(/C=C/C(=O)NCCSCCCO)c1. The van der Waals surface area contributed by atoms with Crippen molar-refractivity contribution in [2.75, 3.05) is 31.8 Å². The molecular weight excluding hydrogens is 274 g/mol. The van der Waals surface area contributed by atoms with Gasteiger partial charge in [-0.15, -0.1) is 0 Å². The summed E-state index contributed by atoms with van der Waals surface area (Å²) in [7, 11) is 1.62. The van der Waals surface area contributed by atoms with Gasteiger partial charge in [-0.25, -0.2) is 0 Å². The van der Waals surface area contributed by atoms with Crippen molar-refractivity contribution in [3.8, 4) is 5.75 Å². The number of hydrogen-bond donors (Lipinski definition) is 2. The smallest absolute Gasteiger partial charge is 0.244 e. The van der Waals surface area contributed by atoms with Crippen molar-refractivity contribution < 1.29 is 14.6 Å². The van der Waals surface area contributed by atoms with E-state index < -0.39 is 0 Å². The van der Waals surface area contributed by atoms with Gasteiger partial charge in [0.15, 0.2) is 0 Å². The lowest BCUT2D eigenvalue weighted by atomic mass is 10.2. The fourth-order valence-electron chi connectivity index (χ4n) is 1.49. The van der Waals surface area contributed by atoms with Crippen LogP contribution in [0.2, 0.25) is 0 Å². The molecule has 0 unspecified atom stereocenters. The van der Waals surface area contributed by atoms with Crippen LogP contribution in [0.5, 0.6) is 5.75 Å². The summed E-state index contributed by atoms with van der Waals surface area (Å²) in [5.41, 5.74) is 0.928. The molecule has 0 bridgehead atoms. The molecule has 0 heterocycles. The molecule has 1 amide bonds. The van der Waals surface area contributed by atoms with Crippen molar-refractivity contribution in [3.63, 3.8) is 0 Å². The number of rotatable bonds is 9. The highest BCUT2D eigenvalue weighted by Crippen LogP contribution is 2.13. The third-order valence-electron chi connectivity index (χ3n) is 2.51. The van der Waals surface area contributed by atoms with Crippen molar-refractivity contribution in [1.29, 1.82) is 0 Å². The highest BCUT2D eigenvalue weighted by atomic mass is 32.2. The summed E-state index contributed by atoms with van der Waals surface area (Å²) in [6.45, 7) is 0.861. The summed E-state index contributed by atoms with van der Waals surface area (Å²) < 4.78 is 5.12. The maximum Gasteiger partial charge on any atom is 0.244 e. The predicted molar refractivity (Wildman–Crippen MR) is 84.1 cm³/mol. The lowest BCUT2D eigenvalue weighted by Gasteiger charge is -2.02. The van der Waals surface area contributed by atoms with E-state index in [0.29, 0.717) is 6.54 Å². The molecule has 0 aliphatic rings. The first kappa shape index (κ1) is 16.6. The highest BCUT2D eigenvalue weighted by molar-refractivity contribution is 7.99. The van der Waals surface area contributed by atoms with Crippen molar-refractivity contribution in [2.24, 2.45) is 0 Å². The van der Waals surface area contributed by atoms with Crippen molar-refractivity contribution in [2.45, 2.75) is 6.42 Å². The van der Waals surface area contributed by atoms with Crippen LogP contribution in [0.15, 0.2) is 30.3 Å². The van der Waals surface area contributed by atoms with Crippen LogP contribution in [-0.2, 0) is 4.79 Å². The molecule has 2 N–H and O–H groups in total. The molecule has 5 heteroatoms. The lowest BCUT2D eigenvalue weighted by Crippen LogP contribution is -2.23. The van der Waals surface area contributed by atoms with E-state index in [0.717, 1.165) is 29.2 Å². The predicted octanol–water partition coefficient (Wildman–Crippen LogP) is 1.94. The Hall–Kier alpha value is -1.46. The number of amides is 1. The molecule has 0 radical (unpaired) electrons. The number of aliphatic hydroxyl groups excluding tert-OH is 1. The summed E-state index contributed by atoms with van der Waals surface area (Å²) in [4.78, 5) is 11.6. The Morgan fingerprint density at radius 1 is 1.45 bits per heavy atom. The van der Waals surface area contributed by atoms with Crippen LogP contribution in [-0.4, -0.2) is 42.8 Å². The second-order valence-corrected chi connectivity index (χ2v) is 5.32. The number of aliphatic hydroxyl groups is 1. The van der Waals surface area contributed by atoms with E-state index in [9.17, 15) is 4.79 Å². The largest absolute Gasteiger partial charge is 0.497 e. The molecule has 1 aromatic carbocycles. The molecular formula is C15H21NO3S. The van der Waals surface area contributed by atoms with Crippen LogP contribution in [0.4, 0.5) is 0 Å². The molecule has 0 aromatic heterocycles. The van der Waals surface area contributed by atoms with E-state index in [2.05, 4.69) is 5.32 Å². The van der Waals surface area contributed by atoms with E-state index in [1.54, 1.807) is 24.9 Å². The zero-order valence-corrected chi connectivity index (χ0v) is 12.5. The molecule has 0 fully saturated rings. The molecule has 0 saturated heterocycles. The quantitative estimate of drug-likeness (QED) is 0.540. The molecule has 0 atom stereocenters. The maximum absolute atomic E-state index is 11.6. The summed E-state index contributed by atoms with van der Waals surface area (Å²) in [6.07, 6.45) is 4.08. The van der Waals surface area contributed by atoms with Crippen LogP contribution in [0.25, 0.3) is 6.08 Å². The number of carbonyl (C=O) groups is 1. The third-order valence-corrected chi connectivity index (χ3v) is 3.58. The zero-order chi connectivity index (χ0) is 14.6. The number of hydrogen-bond acceptors (Lipinski definition) is 4. The average Bonchev–Trinajstić information content (AvgIpc) is 2.49. The van der Waals surface area contributed by atoms with Gasteiger partial charge in [0.1, 0.15) is 5.75 Å². The molecule has 0 aliphatic heterocycles. The molecule has 0 spiro atoms. The monoisotopic (exact) mass is 295 g/mol. The highest BCUT2D eigenvalue weighted by Gasteiger charge is 1.96. The van der Waals surface area contributed by atoms with Gasteiger partial charge in [-0.2, -0.15) is 11.8 Å². The molecule has 0 saturated carbocycles. The van der Waals surface area contributed by atoms with E-state index >= 15 is 0 Å². The minimum absolute atomic E-state index is 0.101. The van der Waals surface area contributed by atoms with E-state index in [1.807, 2.05) is 24.3 Å². The van der Waals surface area contributed by atoms with Gasteiger partial charge in [-0.3, -0.25) is 4.79 Å². The topological polar surface area (TPSA) is 58.6 Å². The minimum Gasteiger partial charge on any atom is -0.497 e. The number of nitrogens with one attached hydrogen (secondary N) is 1. The fraction of sp³-hybridized carbons (Fsp3) is 0.400. The van der Waals surface area contributed by atoms with Crippen molar-refractivity contribution in [3.05, 3.63) is 35.9 Å². The standard InChI is InChI=1S/C15H21NO3S/c1-19-14-5-2-4-13(12-14)6-7-15(18)16-8-11-20-10-3-9-17/h2,4-7,12,17H,3,8-11H2,1H3,(H,16,18)/b7-6+. The number of thioether (sulfide) groups is 1. The summed E-state index contributed by atoms with van der Waals surface area (Å²) in [5.74, 6) is 2.45. The van der Waals surface area contributed by atoms with Crippen molar-refractivity contribution >= 4 is 23.7 Å². The Bertz CT molecular complexity index is 435. The Morgan fingerprint density at radius 3 is 3.05 bits per heavy atom. The van der Waals surface area contributed by atoms with Gasteiger partial charge < -0.3 is 15.2 Å². The van der Waals surface area contributed by atoms with Gasteiger partial charge in [-0.05, 0) is 35.9 Å². The third kappa shape index (κ3) is 7.21. The van der Waals surface area contributed by atoms with Crippen LogP contribution in [0, 0.1) is 0 Å². The second kappa shape index (κ2) is 10.3.